The molecule has 4 aromatic rings. The standard InChI is InChI=1S/C17H16N4O/c1-4-22-17-11-6-8-13-15-12(18-9-19-13)7-5-10(14(11)15)16(20-17)21(2)3/h5-9H,4H2,1-3H3. The van der Waals surface area contributed by atoms with E-state index in [1.165, 1.54) is 0 Å². The normalized spacial score (nSPS) is 11.6. The average Bonchev–Trinajstić information content (AvgIpc) is 2.53. The molecular formula is C17H16N4O. The summed E-state index contributed by atoms with van der Waals surface area (Å²) >= 11 is 0. The first kappa shape index (κ1) is 13.0. The zero-order chi connectivity index (χ0) is 15.3. The molecule has 4 rings (SSSR count). The predicted molar refractivity (Wildman–Crippen MR) is 89.0 cm³/mol. The minimum atomic E-state index is 0.584. The molecule has 2 aromatic heterocycles. The van der Waals surface area contributed by atoms with Gasteiger partial charge in [-0.2, -0.15) is 4.98 Å². The molecule has 22 heavy (non-hydrogen) atoms. The third-order valence-corrected chi connectivity index (χ3v) is 3.89. The third kappa shape index (κ3) is 1.68. The minimum Gasteiger partial charge on any atom is -0.477 e. The molecule has 0 aliphatic carbocycles. The number of aromatic nitrogens is 3. The molecule has 5 heteroatoms. The lowest BCUT2D eigenvalue weighted by Crippen LogP contribution is -2.12. The summed E-state index contributed by atoms with van der Waals surface area (Å²) in [7, 11) is 3.98. The van der Waals surface area contributed by atoms with Crippen LogP contribution in [-0.2, 0) is 0 Å². The van der Waals surface area contributed by atoms with E-state index < -0.39 is 0 Å². The molecule has 0 radical (unpaired) electrons. The molecule has 0 N–H and O–H groups in total. The van der Waals surface area contributed by atoms with Crippen LogP contribution in [0.25, 0.3) is 32.6 Å². The summed E-state index contributed by atoms with van der Waals surface area (Å²) in [5.41, 5.74) is 1.89. The molecule has 0 saturated carbocycles. The molecule has 0 fully saturated rings. The van der Waals surface area contributed by atoms with Crippen molar-refractivity contribution >= 4 is 38.4 Å². The Hall–Kier alpha value is -2.69. The average molecular weight is 292 g/mol. The second-order valence-corrected chi connectivity index (χ2v) is 5.46. The Kier molecular flexibility index (Phi) is 2.76. The van der Waals surface area contributed by atoms with Gasteiger partial charge in [-0.3, -0.25) is 0 Å². The van der Waals surface area contributed by atoms with E-state index in [4.69, 9.17) is 9.72 Å². The Labute approximate surface area is 127 Å². The molecule has 0 bridgehead atoms. The van der Waals surface area contributed by atoms with Gasteiger partial charge in [-0.1, -0.05) is 0 Å². The van der Waals surface area contributed by atoms with Crippen LogP contribution in [0.4, 0.5) is 5.82 Å². The van der Waals surface area contributed by atoms with Gasteiger partial charge in [0.2, 0.25) is 5.88 Å². The van der Waals surface area contributed by atoms with Crippen LogP contribution in [0, 0.1) is 0 Å². The van der Waals surface area contributed by atoms with Crippen molar-refractivity contribution in [3.63, 3.8) is 0 Å². The molecule has 0 amide bonds. The van der Waals surface area contributed by atoms with Crippen molar-refractivity contribution in [2.45, 2.75) is 6.92 Å². The second kappa shape index (κ2) is 4.66. The lowest BCUT2D eigenvalue weighted by molar-refractivity contribution is 0.331. The number of ether oxygens (including phenoxy) is 1. The summed E-state index contributed by atoms with van der Waals surface area (Å²) < 4.78 is 5.78. The maximum Gasteiger partial charge on any atom is 0.223 e. The van der Waals surface area contributed by atoms with E-state index in [2.05, 4.69) is 16.0 Å². The van der Waals surface area contributed by atoms with Crippen molar-refractivity contribution in [1.82, 2.24) is 15.0 Å². The Bertz CT molecular complexity index is 965. The molecule has 2 heterocycles. The van der Waals surface area contributed by atoms with Crippen LogP contribution in [0.5, 0.6) is 5.88 Å². The number of benzene rings is 2. The number of anilines is 1. The van der Waals surface area contributed by atoms with Crippen molar-refractivity contribution in [3.05, 3.63) is 30.6 Å². The fourth-order valence-corrected chi connectivity index (χ4v) is 3.00. The second-order valence-electron chi connectivity index (χ2n) is 5.46. The number of rotatable bonds is 3. The van der Waals surface area contributed by atoms with Gasteiger partial charge in [-0.05, 0) is 31.2 Å². The van der Waals surface area contributed by atoms with E-state index in [0.717, 1.165) is 38.4 Å². The minimum absolute atomic E-state index is 0.584. The summed E-state index contributed by atoms with van der Waals surface area (Å²) in [6.07, 6.45) is 1.61. The van der Waals surface area contributed by atoms with Crippen molar-refractivity contribution in [3.8, 4) is 5.88 Å². The van der Waals surface area contributed by atoms with Gasteiger partial charge in [0, 0.05) is 35.6 Å². The first-order valence-electron chi connectivity index (χ1n) is 7.30. The number of nitrogens with zero attached hydrogens (tertiary/aromatic N) is 4. The molecule has 0 spiro atoms. The maximum absolute atomic E-state index is 5.78. The molecule has 110 valence electrons. The predicted octanol–water partition coefficient (Wildman–Crippen LogP) is 3.23. The van der Waals surface area contributed by atoms with E-state index in [0.29, 0.717) is 12.5 Å². The Balaban J connectivity index is 2.27. The Morgan fingerprint density at radius 2 is 1.64 bits per heavy atom. The van der Waals surface area contributed by atoms with E-state index in [9.17, 15) is 0 Å². The van der Waals surface area contributed by atoms with Gasteiger partial charge < -0.3 is 9.64 Å². The van der Waals surface area contributed by atoms with Crippen molar-refractivity contribution in [1.29, 1.82) is 0 Å². The summed E-state index contributed by atoms with van der Waals surface area (Å²) in [5, 5.41) is 4.30. The first-order valence-corrected chi connectivity index (χ1v) is 7.30. The highest BCUT2D eigenvalue weighted by Crippen LogP contribution is 2.39. The first-order chi connectivity index (χ1) is 10.7. The summed E-state index contributed by atoms with van der Waals surface area (Å²) in [6.45, 7) is 2.55. The van der Waals surface area contributed by atoms with Crippen LogP contribution in [-0.4, -0.2) is 35.7 Å². The highest BCUT2D eigenvalue weighted by molar-refractivity contribution is 6.24. The van der Waals surface area contributed by atoms with E-state index in [-0.39, 0.29) is 0 Å². The highest BCUT2D eigenvalue weighted by atomic mass is 16.5. The zero-order valence-electron chi connectivity index (χ0n) is 12.8. The summed E-state index contributed by atoms with van der Waals surface area (Å²) in [5.74, 6) is 1.56. The highest BCUT2D eigenvalue weighted by Gasteiger charge is 2.18. The fourth-order valence-electron chi connectivity index (χ4n) is 3.00. The molecular weight excluding hydrogens is 276 g/mol. The summed E-state index contributed by atoms with van der Waals surface area (Å²) in [6, 6.07) is 8.15. The van der Waals surface area contributed by atoms with Crippen LogP contribution in [0.3, 0.4) is 0 Å². The number of hydrogen-bond donors (Lipinski definition) is 0. The maximum atomic E-state index is 5.78. The summed E-state index contributed by atoms with van der Waals surface area (Å²) in [4.78, 5) is 15.5. The van der Waals surface area contributed by atoms with Gasteiger partial charge in [0.1, 0.15) is 12.1 Å². The molecule has 5 nitrogen and oxygen atoms in total. The van der Waals surface area contributed by atoms with E-state index in [1.54, 1.807) is 6.33 Å². The lowest BCUT2D eigenvalue weighted by atomic mass is 9.99. The third-order valence-electron chi connectivity index (χ3n) is 3.89. The molecule has 0 saturated heterocycles. The topological polar surface area (TPSA) is 51.1 Å². The van der Waals surface area contributed by atoms with Gasteiger partial charge in [0.15, 0.2) is 0 Å². The van der Waals surface area contributed by atoms with Crippen molar-refractivity contribution in [2.75, 3.05) is 25.6 Å². The van der Waals surface area contributed by atoms with Crippen LogP contribution < -0.4 is 9.64 Å². The smallest absolute Gasteiger partial charge is 0.223 e. The monoisotopic (exact) mass is 292 g/mol. The molecule has 0 atom stereocenters. The van der Waals surface area contributed by atoms with Gasteiger partial charge in [0.25, 0.3) is 0 Å². The van der Waals surface area contributed by atoms with Crippen LogP contribution >= 0.6 is 0 Å². The Morgan fingerprint density at radius 1 is 0.955 bits per heavy atom. The molecule has 0 aliphatic rings. The fraction of sp³-hybridized carbons (Fsp3) is 0.235. The van der Waals surface area contributed by atoms with Crippen molar-refractivity contribution < 1.29 is 4.74 Å². The van der Waals surface area contributed by atoms with Crippen LogP contribution in [0.1, 0.15) is 6.92 Å². The van der Waals surface area contributed by atoms with Gasteiger partial charge >= 0.3 is 0 Å². The number of hydrogen-bond acceptors (Lipinski definition) is 5. The van der Waals surface area contributed by atoms with Gasteiger partial charge in [-0.25, -0.2) is 9.97 Å². The Morgan fingerprint density at radius 3 is 2.27 bits per heavy atom. The quantitative estimate of drug-likeness (QED) is 0.543. The molecule has 0 unspecified atom stereocenters. The zero-order valence-corrected chi connectivity index (χ0v) is 12.8. The lowest BCUT2D eigenvalue weighted by Gasteiger charge is -2.19. The number of pyridine rings is 1. The van der Waals surface area contributed by atoms with Gasteiger partial charge in [-0.15, -0.1) is 0 Å². The van der Waals surface area contributed by atoms with Crippen LogP contribution in [0.15, 0.2) is 30.6 Å². The SMILES string of the molecule is CCOc1nc(N(C)C)c2ccc3ncnc4ccc1c2c43. The molecule has 0 aliphatic heterocycles. The van der Waals surface area contributed by atoms with E-state index in [1.807, 2.05) is 44.1 Å². The molecule has 2 aromatic carbocycles. The van der Waals surface area contributed by atoms with Crippen molar-refractivity contribution in [2.24, 2.45) is 0 Å². The van der Waals surface area contributed by atoms with Gasteiger partial charge in [0.05, 0.1) is 17.6 Å². The van der Waals surface area contributed by atoms with Crippen LogP contribution in [0.2, 0.25) is 0 Å². The largest absolute Gasteiger partial charge is 0.477 e. The van der Waals surface area contributed by atoms with E-state index >= 15 is 0 Å².